The molecule has 0 atom stereocenters. The lowest BCUT2D eigenvalue weighted by Gasteiger charge is -2.05. The van der Waals surface area contributed by atoms with Gasteiger partial charge in [-0.3, -0.25) is 4.79 Å². The van der Waals surface area contributed by atoms with Gasteiger partial charge in [-0.15, -0.1) is 0 Å². The van der Waals surface area contributed by atoms with E-state index in [0.29, 0.717) is 11.3 Å². The number of carbonyl (C=O) groups is 1. The van der Waals surface area contributed by atoms with Crippen molar-refractivity contribution in [3.63, 3.8) is 0 Å². The van der Waals surface area contributed by atoms with E-state index in [2.05, 4.69) is 33.1 Å². The van der Waals surface area contributed by atoms with Crippen LogP contribution in [0.25, 0.3) is 6.08 Å². The van der Waals surface area contributed by atoms with Crippen LogP contribution >= 0.6 is 22.6 Å². The van der Waals surface area contributed by atoms with E-state index in [4.69, 9.17) is 4.74 Å². The van der Waals surface area contributed by atoms with Gasteiger partial charge in [-0.2, -0.15) is 5.10 Å². The average Bonchev–Trinajstić information content (AvgIpc) is 2.58. The lowest BCUT2D eigenvalue weighted by molar-refractivity contribution is 0.0954. The van der Waals surface area contributed by atoms with Crippen molar-refractivity contribution in [2.75, 3.05) is 7.11 Å². The van der Waals surface area contributed by atoms with Crippen molar-refractivity contribution in [2.45, 2.75) is 6.92 Å². The second-order valence-electron chi connectivity index (χ2n) is 4.79. The van der Waals surface area contributed by atoms with Gasteiger partial charge in [0, 0.05) is 5.56 Å². The number of nitrogens with zero attached hydrogens (tertiary/aromatic N) is 1. The van der Waals surface area contributed by atoms with E-state index in [0.717, 1.165) is 14.9 Å². The van der Waals surface area contributed by atoms with Crippen molar-refractivity contribution in [3.8, 4) is 5.75 Å². The zero-order valence-corrected chi connectivity index (χ0v) is 15.1. The highest BCUT2D eigenvalue weighted by Gasteiger charge is 2.07. The van der Waals surface area contributed by atoms with Crippen LogP contribution < -0.4 is 10.2 Å². The number of hydrogen-bond acceptors (Lipinski definition) is 3. The predicted molar refractivity (Wildman–Crippen MR) is 102 cm³/mol. The number of nitrogens with one attached hydrogen (secondary N) is 1. The summed E-state index contributed by atoms with van der Waals surface area (Å²) in [6.45, 7) is 1.83. The van der Waals surface area contributed by atoms with Crippen LogP contribution in [0.1, 0.15) is 22.8 Å². The van der Waals surface area contributed by atoms with Crippen molar-refractivity contribution >= 4 is 40.3 Å². The minimum atomic E-state index is -0.252. The van der Waals surface area contributed by atoms with Gasteiger partial charge in [-0.25, -0.2) is 5.43 Å². The van der Waals surface area contributed by atoms with Crippen molar-refractivity contribution in [2.24, 2.45) is 5.10 Å². The van der Waals surface area contributed by atoms with Crippen LogP contribution in [0.15, 0.2) is 59.7 Å². The van der Waals surface area contributed by atoms with E-state index in [-0.39, 0.29) is 5.91 Å². The zero-order valence-electron chi connectivity index (χ0n) is 12.9. The lowest BCUT2D eigenvalue weighted by Crippen LogP contribution is -2.18. The molecule has 0 unspecified atom stereocenters. The van der Waals surface area contributed by atoms with Crippen LogP contribution in [0.3, 0.4) is 0 Å². The molecular weight excluding hydrogens is 403 g/mol. The van der Waals surface area contributed by atoms with Crippen molar-refractivity contribution < 1.29 is 9.53 Å². The fourth-order valence-corrected chi connectivity index (χ4v) is 2.56. The maximum absolute atomic E-state index is 12.1. The van der Waals surface area contributed by atoms with E-state index in [1.807, 2.05) is 49.4 Å². The molecule has 1 amide bonds. The number of methoxy groups -OCH3 is 1. The second kappa shape index (κ2) is 8.47. The van der Waals surface area contributed by atoms with Crippen LogP contribution in [-0.2, 0) is 0 Å². The molecule has 0 aliphatic heterocycles. The maximum Gasteiger partial charge on any atom is 0.271 e. The Bertz CT molecular complexity index is 740. The van der Waals surface area contributed by atoms with Crippen LogP contribution in [0.5, 0.6) is 5.75 Å². The number of hydrogen-bond donors (Lipinski definition) is 1. The molecule has 0 saturated carbocycles. The van der Waals surface area contributed by atoms with E-state index in [1.54, 1.807) is 25.3 Å². The number of carbonyl (C=O) groups excluding carboxylic acids is 1. The molecule has 0 fully saturated rings. The summed E-state index contributed by atoms with van der Waals surface area (Å²) in [4.78, 5) is 12.1. The number of benzene rings is 2. The Labute approximate surface area is 149 Å². The second-order valence-corrected chi connectivity index (χ2v) is 5.95. The van der Waals surface area contributed by atoms with Crippen molar-refractivity contribution in [1.82, 2.24) is 5.43 Å². The standard InChI is InChI=1S/C18H17IN2O2/c1-13(8-9-14-6-4-3-5-7-14)20-21-18(22)15-10-11-17(23-2)16(19)12-15/h3-12H,1-2H3,(H,21,22)/b9-8+,20-13-. The first-order valence-corrected chi connectivity index (χ1v) is 8.09. The summed E-state index contributed by atoms with van der Waals surface area (Å²) in [6.07, 6.45) is 3.80. The molecule has 2 rings (SSSR count). The van der Waals surface area contributed by atoms with E-state index in [9.17, 15) is 4.79 Å². The van der Waals surface area contributed by atoms with Gasteiger partial charge in [0.25, 0.3) is 5.91 Å². The molecule has 1 N–H and O–H groups in total. The number of halogens is 1. The zero-order chi connectivity index (χ0) is 16.7. The van der Waals surface area contributed by atoms with Gasteiger partial charge in [0.05, 0.1) is 16.4 Å². The Morgan fingerprint density at radius 2 is 1.96 bits per heavy atom. The maximum atomic E-state index is 12.1. The number of ether oxygens (including phenoxy) is 1. The quantitative estimate of drug-likeness (QED) is 0.450. The summed E-state index contributed by atoms with van der Waals surface area (Å²) in [5.41, 5.74) is 4.89. The highest BCUT2D eigenvalue weighted by atomic mass is 127. The van der Waals surface area contributed by atoms with Gasteiger partial charge in [-0.1, -0.05) is 36.4 Å². The van der Waals surface area contributed by atoms with Crippen LogP contribution in [0.2, 0.25) is 0 Å². The molecule has 0 aliphatic rings. The molecule has 5 heteroatoms. The average molecular weight is 420 g/mol. The molecule has 0 bridgehead atoms. The number of allylic oxidation sites excluding steroid dienone is 1. The SMILES string of the molecule is COc1ccc(C(=O)N/N=C(C)\C=C\c2ccccc2)cc1I. The molecule has 0 saturated heterocycles. The Hall–Kier alpha value is -2.15. The van der Waals surface area contributed by atoms with Crippen LogP contribution in [0.4, 0.5) is 0 Å². The third-order valence-electron chi connectivity index (χ3n) is 3.06. The molecular formula is C18H17IN2O2. The first-order chi connectivity index (χ1) is 11.1. The molecule has 23 heavy (non-hydrogen) atoms. The Kier molecular flexibility index (Phi) is 6.34. The number of rotatable bonds is 5. The van der Waals surface area contributed by atoms with Crippen molar-refractivity contribution in [3.05, 3.63) is 69.3 Å². The summed E-state index contributed by atoms with van der Waals surface area (Å²) in [5, 5.41) is 4.08. The summed E-state index contributed by atoms with van der Waals surface area (Å²) < 4.78 is 6.05. The highest BCUT2D eigenvalue weighted by Crippen LogP contribution is 2.21. The van der Waals surface area contributed by atoms with Gasteiger partial charge >= 0.3 is 0 Å². The van der Waals surface area contributed by atoms with E-state index >= 15 is 0 Å². The van der Waals surface area contributed by atoms with Gasteiger partial charge in [0.15, 0.2) is 0 Å². The third-order valence-corrected chi connectivity index (χ3v) is 3.91. The molecule has 0 aliphatic carbocycles. The smallest absolute Gasteiger partial charge is 0.271 e. The minimum absolute atomic E-state index is 0.252. The van der Waals surface area contributed by atoms with E-state index in [1.165, 1.54) is 0 Å². The predicted octanol–water partition coefficient (Wildman–Crippen LogP) is 4.12. The van der Waals surface area contributed by atoms with Crippen LogP contribution in [-0.4, -0.2) is 18.7 Å². The molecule has 118 valence electrons. The summed E-state index contributed by atoms with van der Waals surface area (Å²) in [6, 6.07) is 15.2. The van der Waals surface area contributed by atoms with Crippen LogP contribution in [0, 0.1) is 3.57 Å². The van der Waals surface area contributed by atoms with Gasteiger partial charge in [-0.05, 0) is 59.4 Å². The summed E-state index contributed by atoms with van der Waals surface area (Å²) >= 11 is 2.13. The Morgan fingerprint density at radius 3 is 2.61 bits per heavy atom. The Morgan fingerprint density at radius 1 is 1.22 bits per heavy atom. The summed E-state index contributed by atoms with van der Waals surface area (Å²) in [7, 11) is 1.60. The van der Waals surface area contributed by atoms with E-state index < -0.39 is 0 Å². The fraction of sp³-hybridized carbons (Fsp3) is 0.111. The minimum Gasteiger partial charge on any atom is -0.496 e. The Balaban J connectivity index is 2.00. The molecule has 2 aromatic carbocycles. The fourth-order valence-electron chi connectivity index (χ4n) is 1.83. The molecule has 0 heterocycles. The largest absolute Gasteiger partial charge is 0.496 e. The topological polar surface area (TPSA) is 50.7 Å². The highest BCUT2D eigenvalue weighted by molar-refractivity contribution is 14.1. The molecule has 2 aromatic rings. The lowest BCUT2D eigenvalue weighted by atomic mass is 10.2. The first kappa shape index (κ1) is 17.2. The van der Waals surface area contributed by atoms with Gasteiger partial charge in [0.1, 0.15) is 5.75 Å². The third kappa shape index (κ3) is 5.21. The van der Waals surface area contributed by atoms with Gasteiger partial charge < -0.3 is 4.74 Å². The first-order valence-electron chi connectivity index (χ1n) is 7.01. The molecule has 0 radical (unpaired) electrons. The summed E-state index contributed by atoms with van der Waals surface area (Å²) in [5.74, 6) is 0.491. The van der Waals surface area contributed by atoms with Crippen molar-refractivity contribution in [1.29, 1.82) is 0 Å². The monoisotopic (exact) mass is 420 g/mol. The number of hydrazone groups is 1. The molecule has 0 aromatic heterocycles. The normalized spacial score (nSPS) is 11.5. The molecule has 0 spiro atoms. The van der Waals surface area contributed by atoms with Gasteiger partial charge in [0.2, 0.25) is 0 Å². The number of amides is 1. The molecule has 4 nitrogen and oxygen atoms in total.